The lowest BCUT2D eigenvalue weighted by atomic mass is 10.0. The van der Waals surface area contributed by atoms with Gasteiger partial charge in [0.25, 0.3) is 0 Å². The fraction of sp³-hybridized carbons (Fsp3) is 0.158. The van der Waals surface area contributed by atoms with E-state index < -0.39 is 0 Å². The van der Waals surface area contributed by atoms with Gasteiger partial charge in [-0.2, -0.15) is 0 Å². The number of aromatic nitrogens is 1. The smallest absolute Gasteiger partial charge is 0.228 e. The van der Waals surface area contributed by atoms with Crippen molar-refractivity contribution in [2.24, 2.45) is 5.92 Å². The van der Waals surface area contributed by atoms with E-state index in [-0.39, 0.29) is 11.8 Å². The molecule has 0 saturated heterocycles. The maximum Gasteiger partial charge on any atom is 0.228 e. The molecule has 1 aliphatic rings. The maximum absolute atomic E-state index is 12.0. The van der Waals surface area contributed by atoms with E-state index in [0.29, 0.717) is 5.82 Å². The minimum Gasteiger partial charge on any atom is -0.310 e. The summed E-state index contributed by atoms with van der Waals surface area (Å²) in [6, 6.07) is 20.2. The molecule has 1 amide bonds. The first-order chi connectivity index (χ1) is 10.8. The highest BCUT2D eigenvalue weighted by atomic mass is 16.2. The van der Waals surface area contributed by atoms with Crippen molar-refractivity contribution in [3.8, 4) is 11.3 Å². The molecular formula is C19H16N2O. The molecule has 1 heterocycles. The van der Waals surface area contributed by atoms with Gasteiger partial charge in [-0.15, -0.1) is 0 Å². The molecular weight excluding hydrogens is 272 g/mol. The first-order valence-electron chi connectivity index (χ1n) is 7.57. The Bertz CT molecular complexity index is 838. The third kappa shape index (κ3) is 2.46. The average Bonchev–Trinajstić information content (AvgIpc) is 3.40. The second-order valence-electron chi connectivity index (χ2n) is 5.71. The third-order valence-corrected chi connectivity index (χ3v) is 3.99. The molecule has 1 aliphatic carbocycles. The van der Waals surface area contributed by atoms with Crippen molar-refractivity contribution in [3.05, 3.63) is 60.7 Å². The molecule has 4 rings (SSSR count). The van der Waals surface area contributed by atoms with Crippen LogP contribution in [0.15, 0.2) is 60.7 Å². The highest BCUT2D eigenvalue weighted by Gasteiger charge is 2.29. The largest absolute Gasteiger partial charge is 0.310 e. The molecule has 1 fully saturated rings. The molecule has 0 spiro atoms. The van der Waals surface area contributed by atoms with Gasteiger partial charge in [-0.3, -0.25) is 4.79 Å². The van der Waals surface area contributed by atoms with Crippen molar-refractivity contribution in [1.29, 1.82) is 0 Å². The maximum atomic E-state index is 12.0. The van der Waals surface area contributed by atoms with Gasteiger partial charge in [-0.05, 0) is 24.3 Å². The van der Waals surface area contributed by atoms with Crippen molar-refractivity contribution in [2.75, 3.05) is 5.32 Å². The Morgan fingerprint density at radius 1 is 1.00 bits per heavy atom. The number of nitrogens with one attached hydrogen (secondary N) is 1. The summed E-state index contributed by atoms with van der Waals surface area (Å²) in [6.45, 7) is 0. The van der Waals surface area contributed by atoms with Crippen LogP contribution in [0.2, 0.25) is 0 Å². The zero-order valence-electron chi connectivity index (χ0n) is 12.1. The Morgan fingerprint density at radius 3 is 2.50 bits per heavy atom. The lowest BCUT2D eigenvalue weighted by Crippen LogP contribution is -2.14. The van der Waals surface area contributed by atoms with Crippen LogP contribution in [0.5, 0.6) is 0 Å². The minimum atomic E-state index is 0.0850. The van der Waals surface area contributed by atoms with Crippen molar-refractivity contribution >= 4 is 22.5 Å². The van der Waals surface area contributed by atoms with Gasteiger partial charge in [0.1, 0.15) is 5.82 Å². The molecule has 22 heavy (non-hydrogen) atoms. The molecule has 0 bridgehead atoms. The van der Waals surface area contributed by atoms with Crippen molar-refractivity contribution in [2.45, 2.75) is 12.8 Å². The Labute approximate surface area is 129 Å². The Hall–Kier alpha value is -2.68. The van der Waals surface area contributed by atoms with Crippen molar-refractivity contribution in [3.63, 3.8) is 0 Å². The second kappa shape index (κ2) is 5.26. The van der Waals surface area contributed by atoms with E-state index in [4.69, 9.17) is 0 Å². The van der Waals surface area contributed by atoms with Gasteiger partial charge in [0.15, 0.2) is 0 Å². The fourth-order valence-electron chi connectivity index (χ4n) is 2.65. The van der Waals surface area contributed by atoms with E-state index >= 15 is 0 Å². The number of carbonyl (C=O) groups excluding carboxylic acids is 1. The van der Waals surface area contributed by atoms with Crippen LogP contribution in [0.25, 0.3) is 22.0 Å². The Balaban J connectivity index is 1.84. The summed E-state index contributed by atoms with van der Waals surface area (Å²) in [4.78, 5) is 16.7. The van der Waals surface area contributed by atoms with E-state index in [1.807, 2.05) is 48.5 Å². The number of pyridine rings is 1. The van der Waals surface area contributed by atoms with Gasteiger partial charge in [0, 0.05) is 16.9 Å². The normalized spacial score (nSPS) is 14.0. The quantitative estimate of drug-likeness (QED) is 0.782. The van der Waals surface area contributed by atoms with Gasteiger partial charge in [0.2, 0.25) is 5.91 Å². The number of rotatable bonds is 3. The lowest BCUT2D eigenvalue weighted by Gasteiger charge is -2.10. The molecule has 3 nitrogen and oxygen atoms in total. The number of hydrogen-bond acceptors (Lipinski definition) is 2. The molecule has 1 saturated carbocycles. The predicted octanol–water partition coefficient (Wildman–Crippen LogP) is 4.25. The first-order valence-corrected chi connectivity index (χ1v) is 7.57. The van der Waals surface area contributed by atoms with Crippen LogP contribution < -0.4 is 5.32 Å². The minimum absolute atomic E-state index is 0.0850. The van der Waals surface area contributed by atoms with Crippen LogP contribution in [0, 0.1) is 5.92 Å². The zero-order valence-corrected chi connectivity index (χ0v) is 12.1. The summed E-state index contributed by atoms with van der Waals surface area (Å²) in [7, 11) is 0. The zero-order chi connectivity index (χ0) is 14.9. The van der Waals surface area contributed by atoms with Gasteiger partial charge >= 0.3 is 0 Å². The van der Waals surface area contributed by atoms with E-state index in [1.165, 1.54) is 0 Å². The summed E-state index contributed by atoms with van der Waals surface area (Å²) in [5, 5.41) is 5.14. The third-order valence-electron chi connectivity index (χ3n) is 3.99. The summed E-state index contributed by atoms with van der Waals surface area (Å²) in [5.41, 5.74) is 1.96. The SMILES string of the molecule is O=C(Nc1cc2ccccc2c(-c2ccccc2)n1)C1CC1. The number of benzene rings is 2. The number of carbonyl (C=O) groups is 1. The number of nitrogens with zero attached hydrogens (tertiary/aromatic N) is 1. The highest BCUT2D eigenvalue weighted by molar-refractivity contribution is 5.99. The molecule has 0 atom stereocenters. The summed E-state index contributed by atoms with van der Waals surface area (Å²) in [5.74, 6) is 0.893. The van der Waals surface area contributed by atoms with Crippen LogP contribution in [0.3, 0.4) is 0 Å². The van der Waals surface area contributed by atoms with Crippen LogP contribution in [-0.2, 0) is 4.79 Å². The fourth-order valence-corrected chi connectivity index (χ4v) is 2.65. The molecule has 108 valence electrons. The van der Waals surface area contributed by atoms with E-state index in [2.05, 4.69) is 22.4 Å². The second-order valence-corrected chi connectivity index (χ2v) is 5.71. The molecule has 0 radical (unpaired) electrons. The number of anilines is 1. The molecule has 1 N–H and O–H groups in total. The summed E-state index contributed by atoms with van der Waals surface area (Å²) < 4.78 is 0. The van der Waals surface area contributed by atoms with E-state index in [9.17, 15) is 4.79 Å². The van der Waals surface area contributed by atoms with Crippen molar-refractivity contribution < 1.29 is 4.79 Å². The van der Waals surface area contributed by atoms with Crippen molar-refractivity contribution in [1.82, 2.24) is 4.98 Å². The van der Waals surface area contributed by atoms with Gasteiger partial charge in [-0.1, -0.05) is 54.6 Å². The van der Waals surface area contributed by atoms with Crippen LogP contribution in [0.1, 0.15) is 12.8 Å². The lowest BCUT2D eigenvalue weighted by molar-refractivity contribution is -0.117. The van der Waals surface area contributed by atoms with Gasteiger partial charge < -0.3 is 5.32 Å². The highest BCUT2D eigenvalue weighted by Crippen LogP contribution is 2.32. The molecule has 1 aromatic heterocycles. The van der Waals surface area contributed by atoms with E-state index in [0.717, 1.165) is 34.9 Å². The first kappa shape index (κ1) is 13.0. The van der Waals surface area contributed by atoms with Crippen LogP contribution in [0.4, 0.5) is 5.82 Å². The van der Waals surface area contributed by atoms with Crippen LogP contribution in [-0.4, -0.2) is 10.9 Å². The number of fused-ring (bicyclic) bond motifs is 1. The van der Waals surface area contributed by atoms with Gasteiger partial charge in [-0.25, -0.2) is 4.98 Å². The molecule has 2 aromatic carbocycles. The predicted molar refractivity (Wildman–Crippen MR) is 88.5 cm³/mol. The summed E-state index contributed by atoms with van der Waals surface area (Å²) in [6.07, 6.45) is 1.98. The molecule has 0 unspecified atom stereocenters. The molecule has 0 aliphatic heterocycles. The van der Waals surface area contributed by atoms with Gasteiger partial charge in [0.05, 0.1) is 5.69 Å². The average molecular weight is 288 g/mol. The Kier molecular flexibility index (Phi) is 3.11. The van der Waals surface area contributed by atoms with E-state index in [1.54, 1.807) is 0 Å². The van der Waals surface area contributed by atoms with Crippen LogP contribution >= 0.6 is 0 Å². The standard InChI is InChI=1S/C19H16N2O/c22-19(14-10-11-14)21-17-12-15-8-4-5-9-16(15)18(20-17)13-6-2-1-3-7-13/h1-9,12,14H,10-11H2,(H,20,21,22). The molecule has 3 aromatic rings. The molecule has 3 heteroatoms. The summed E-state index contributed by atoms with van der Waals surface area (Å²) >= 11 is 0. The number of hydrogen-bond donors (Lipinski definition) is 1. The number of amides is 1. The monoisotopic (exact) mass is 288 g/mol. The topological polar surface area (TPSA) is 42.0 Å². The Morgan fingerprint density at radius 2 is 1.73 bits per heavy atom.